The van der Waals surface area contributed by atoms with E-state index < -0.39 is 0 Å². The lowest BCUT2D eigenvalue weighted by Gasteiger charge is -2.19. The van der Waals surface area contributed by atoms with Crippen molar-refractivity contribution in [2.24, 2.45) is 7.05 Å². The number of hydrogen-bond donors (Lipinski definition) is 0. The van der Waals surface area contributed by atoms with Crippen molar-refractivity contribution in [1.29, 1.82) is 0 Å². The summed E-state index contributed by atoms with van der Waals surface area (Å²) in [6.45, 7) is 4.91. The zero-order valence-electron chi connectivity index (χ0n) is 17.8. The van der Waals surface area contributed by atoms with Gasteiger partial charge in [0.05, 0.1) is 17.8 Å². The van der Waals surface area contributed by atoms with E-state index in [2.05, 4.69) is 5.10 Å². The normalized spacial score (nSPS) is 11.3. The van der Waals surface area contributed by atoms with Gasteiger partial charge in [0.2, 0.25) is 0 Å². The van der Waals surface area contributed by atoms with Crippen molar-refractivity contribution >= 4 is 39.3 Å². The molecule has 0 aliphatic rings. The molecule has 0 fully saturated rings. The highest BCUT2D eigenvalue weighted by Gasteiger charge is 2.25. The van der Waals surface area contributed by atoms with Crippen LogP contribution in [0.5, 0.6) is 5.75 Å². The lowest BCUT2D eigenvalue weighted by atomic mass is 10.1. The standard InChI is InChI=1S/C23H23ClN4O3/c1-5-27(6-2)22(29)20-19-15-9-7-8-10-17(15)26(3)21(19)23(30)28(25-20)14-11-12-18(31-4)16(24)13-14/h7-13H,5-6H2,1-4H3. The third kappa shape index (κ3) is 3.25. The number of benzene rings is 2. The molecule has 0 N–H and O–H groups in total. The highest BCUT2D eigenvalue weighted by atomic mass is 35.5. The molecule has 160 valence electrons. The van der Waals surface area contributed by atoms with Crippen LogP contribution in [-0.4, -0.2) is 45.4 Å². The topological polar surface area (TPSA) is 69.4 Å². The van der Waals surface area contributed by atoms with E-state index in [4.69, 9.17) is 16.3 Å². The second-order valence-electron chi connectivity index (χ2n) is 7.16. The van der Waals surface area contributed by atoms with Crippen LogP contribution >= 0.6 is 11.6 Å². The molecule has 7 nitrogen and oxygen atoms in total. The lowest BCUT2D eigenvalue weighted by molar-refractivity contribution is 0.0767. The Balaban J connectivity index is 2.12. The maximum Gasteiger partial charge on any atom is 0.296 e. The molecule has 4 aromatic rings. The second-order valence-corrected chi connectivity index (χ2v) is 7.57. The molecule has 31 heavy (non-hydrogen) atoms. The van der Waals surface area contributed by atoms with Crippen LogP contribution in [0.4, 0.5) is 0 Å². The second kappa shape index (κ2) is 8.07. The molecule has 0 saturated heterocycles. The van der Waals surface area contributed by atoms with Gasteiger partial charge < -0.3 is 14.2 Å². The molecule has 0 unspecified atom stereocenters. The fraction of sp³-hybridized carbons (Fsp3) is 0.261. The minimum atomic E-state index is -0.328. The number of aryl methyl sites for hydroxylation is 1. The first kappa shape index (κ1) is 20.9. The first-order valence-corrected chi connectivity index (χ1v) is 10.4. The number of carbonyl (C=O) groups is 1. The zero-order chi connectivity index (χ0) is 22.3. The molecule has 1 amide bonds. The third-order valence-electron chi connectivity index (χ3n) is 5.57. The predicted octanol–water partition coefficient (Wildman–Crippen LogP) is 4.02. The number of ether oxygens (including phenoxy) is 1. The molecule has 0 aliphatic heterocycles. The first-order chi connectivity index (χ1) is 14.9. The Morgan fingerprint density at radius 3 is 2.52 bits per heavy atom. The molecular weight excluding hydrogens is 416 g/mol. The van der Waals surface area contributed by atoms with Crippen molar-refractivity contribution in [3.8, 4) is 11.4 Å². The molecule has 0 saturated carbocycles. The van der Waals surface area contributed by atoms with Gasteiger partial charge in [-0.2, -0.15) is 9.78 Å². The predicted molar refractivity (Wildman–Crippen MR) is 123 cm³/mol. The van der Waals surface area contributed by atoms with Crippen LogP contribution in [-0.2, 0) is 7.05 Å². The molecule has 8 heteroatoms. The summed E-state index contributed by atoms with van der Waals surface area (Å²) in [6.07, 6.45) is 0. The Morgan fingerprint density at radius 1 is 1.16 bits per heavy atom. The zero-order valence-corrected chi connectivity index (χ0v) is 18.6. The average Bonchev–Trinajstić information content (AvgIpc) is 3.08. The highest BCUT2D eigenvalue weighted by molar-refractivity contribution is 6.32. The van der Waals surface area contributed by atoms with Crippen molar-refractivity contribution in [3.05, 3.63) is 63.5 Å². The maximum atomic E-state index is 13.5. The van der Waals surface area contributed by atoms with Gasteiger partial charge in [0.1, 0.15) is 11.3 Å². The van der Waals surface area contributed by atoms with Gasteiger partial charge in [-0.05, 0) is 38.1 Å². The van der Waals surface area contributed by atoms with Crippen molar-refractivity contribution in [1.82, 2.24) is 19.2 Å². The van der Waals surface area contributed by atoms with Gasteiger partial charge in [0, 0.05) is 36.4 Å². The number of rotatable bonds is 5. The summed E-state index contributed by atoms with van der Waals surface area (Å²) in [5.41, 5.74) is 1.64. The molecule has 2 aromatic heterocycles. The Kier molecular flexibility index (Phi) is 5.45. The smallest absolute Gasteiger partial charge is 0.296 e. The molecule has 2 heterocycles. The van der Waals surface area contributed by atoms with E-state index in [0.717, 1.165) is 10.9 Å². The number of carbonyl (C=O) groups excluding carboxylic acids is 1. The Morgan fingerprint density at radius 2 is 1.87 bits per heavy atom. The molecule has 4 rings (SSSR count). The average molecular weight is 439 g/mol. The van der Waals surface area contributed by atoms with E-state index in [1.54, 1.807) is 23.1 Å². The molecule has 0 atom stereocenters. The SMILES string of the molecule is CCN(CC)C(=O)c1nn(-c2ccc(OC)c(Cl)c2)c(=O)c2c1c1ccccc1n2C. The number of fused-ring (bicyclic) bond motifs is 3. The van der Waals surface area contributed by atoms with Crippen LogP contribution in [0.3, 0.4) is 0 Å². The van der Waals surface area contributed by atoms with Gasteiger partial charge in [-0.15, -0.1) is 0 Å². The molecular formula is C23H23ClN4O3. The van der Waals surface area contributed by atoms with Crippen LogP contribution in [0, 0.1) is 0 Å². The first-order valence-electron chi connectivity index (χ1n) is 10.1. The number of aromatic nitrogens is 3. The number of nitrogens with zero attached hydrogens (tertiary/aromatic N) is 4. The van der Waals surface area contributed by atoms with Gasteiger partial charge in [-0.3, -0.25) is 9.59 Å². The fourth-order valence-corrected chi connectivity index (χ4v) is 4.20. The van der Waals surface area contributed by atoms with Crippen molar-refractivity contribution < 1.29 is 9.53 Å². The quantitative estimate of drug-likeness (QED) is 0.472. The minimum absolute atomic E-state index is 0.222. The van der Waals surface area contributed by atoms with Gasteiger partial charge in [-0.1, -0.05) is 29.8 Å². The van der Waals surface area contributed by atoms with Gasteiger partial charge in [0.25, 0.3) is 11.5 Å². The summed E-state index contributed by atoms with van der Waals surface area (Å²) in [5, 5.41) is 6.28. The Hall–Kier alpha value is -3.32. The monoisotopic (exact) mass is 438 g/mol. The van der Waals surface area contributed by atoms with E-state index in [9.17, 15) is 9.59 Å². The molecule has 0 spiro atoms. The van der Waals surface area contributed by atoms with E-state index in [1.165, 1.54) is 11.8 Å². The molecule has 0 radical (unpaired) electrons. The number of halogens is 1. The van der Waals surface area contributed by atoms with Crippen LogP contribution in [0.2, 0.25) is 5.02 Å². The number of amides is 1. The van der Waals surface area contributed by atoms with E-state index >= 15 is 0 Å². The summed E-state index contributed by atoms with van der Waals surface area (Å²) in [5.74, 6) is 0.267. The fourth-order valence-electron chi connectivity index (χ4n) is 3.95. The van der Waals surface area contributed by atoms with Crippen molar-refractivity contribution in [2.45, 2.75) is 13.8 Å². The van der Waals surface area contributed by atoms with E-state index in [-0.39, 0.29) is 17.2 Å². The Labute approximate surface area is 184 Å². The van der Waals surface area contributed by atoms with Crippen LogP contribution in [0.15, 0.2) is 47.3 Å². The largest absolute Gasteiger partial charge is 0.495 e. The summed E-state index contributed by atoms with van der Waals surface area (Å²) in [6, 6.07) is 12.6. The van der Waals surface area contributed by atoms with E-state index in [0.29, 0.717) is 40.5 Å². The van der Waals surface area contributed by atoms with Crippen molar-refractivity contribution in [3.63, 3.8) is 0 Å². The van der Waals surface area contributed by atoms with Crippen LogP contribution in [0.1, 0.15) is 24.3 Å². The lowest BCUT2D eigenvalue weighted by Crippen LogP contribution is -2.34. The minimum Gasteiger partial charge on any atom is -0.495 e. The summed E-state index contributed by atoms with van der Waals surface area (Å²) in [7, 11) is 3.34. The summed E-state index contributed by atoms with van der Waals surface area (Å²) < 4.78 is 8.27. The van der Waals surface area contributed by atoms with Gasteiger partial charge in [0.15, 0.2) is 5.69 Å². The van der Waals surface area contributed by atoms with Gasteiger partial charge in [-0.25, -0.2) is 0 Å². The summed E-state index contributed by atoms with van der Waals surface area (Å²) in [4.78, 5) is 28.7. The molecule has 0 aliphatic carbocycles. The van der Waals surface area contributed by atoms with Crippen LogP contribution in [0.25, 0.3) is 27.5 Å². The molecule has 2 aromatic carbocycles. The third-order valence-corrected chi connectivity index (χ3v) is 5.87. The Bertz CT molecular complexity index is 1370. The van der Waals surface area contributed by atoms with Gasteiger partial charge >= 0.3 is 0 Å². The molecule has 0 bridgehead atoms. The van der Waals surface area contributed by atoms with E-state index in [1.807, 2.05) is 49.7 Å². The number of hydrogen-bond acceptors (Lipinski definition) is 4. The van der Waals surface area contributed by atoms with Crippen LogP contribution < -0.4 is 10.3 Å². The highest BCUT2D eigenvalue weighted by Crippen LogP contribution is 2.30. The number of methoxy groups -OCH3 is 1. The van der Waals surface area contributed by atoms with Crippen molar-refractivity contribution in [2.75, 3.05) is 20.2 Å². The summed E-state index contributed by atoms with van der Waals surface area (Å²) >= 11 is 6.29. The maximum absolute atomic E-state index is 13.5. The number of para-hydroxylation sites is 1.